The normalized spacial score (nSPS) is 28.0. The first-order valence-electron chi connectivity index (χ1n) is 7.90. The lowest BCUT2D eigenvalue weighted by Gasteiger charge is -2.39. The fourth-order valence-electron chi connectivity index (χ4n) is 3.21. The SMILES string of the molecule is CCCN1CCOC(C(CC2CCC2)NCC)C1. The molecule has 106 valence electrons. The summed E-state index contributed by atoms with van der Waals surface area (Å²) in [6.07, 6.45) is 7.29. The summed E-state index contributed by atoms with van der Waals surface area (Å²) in [5.41, 5.74) is 0. The van der Waals surface area contributed by atoms with Crippen LogP contribution in [0.1, 0.15) is 46.0 Å². The van der Waals surface area contributed by atoms with Crippen LogP contribution in [0, 0.1) is 5.92 Å². The Hall–Kier alpha value is -0.120. The molecule has 0 aromatic heterocycles. The number of nitrogens with zero attached hydrogens (tertiary/aromatic N) is 1. The Bertz CT molecular complexity index is 229. The molecule has 1 heterocycles. The molecule has 2 rings (SSSR count). The zero-order valence-corrected chi connectivity index (χ0v) is 12.2. The van der Waals surface area contributed by atoms with Gasteiger partial charge < -0.3 is 10.1 Å². The Balaban J connectivity index is 1.83. The summed E-state index contributed by atoms with van der Waals surface area (Å²) in [5, 5.41) is 3.66. The monoisotopic (exact) mass is 254 g/mol. The molecule has 2 atom stereocenters. The number of hydrogen-bond donors (Lipinski definition) is 1. The van der Waals surface area contributed by atoms with Crippen LogP contribution in [0.2, 0.25) is 0 Å². The summed E-state index contributed by atoms with van der Waals surface area (Å²) in [5.74, 6) is 0.958. The van der Waals surface area contributed by atoms with Crippen LogP contribution in [0.5, 0.6) is 0 Å². The number of hydrogen-bond acceptors (Lipinski definition) is 3. The fraction of sp³-hybridized carbons (Fsp3) is 1.00. The summed E-state index contributed by atoms with van der Waals surface area (Å²) in [6, 6.07) is 0.569. The van der Waals surface area contributed by atoms with Crippen molar-refractivity contribution < 1.29 is 4.74 Å². The lowest BCUT2D eigenvalue weighted by atomic mass is 9.79. The molecule has 2 fully saturated rings. The van der Waals surface area contributed by atoms with E-state index < -0.39 is 0 Å². The summed E-state index contributed by atoms with van der Waals surface area (Å²) in [6.45, 7) is 9.91. The maximum absolute atomic E-state index is 6.03. The zero-order valence-electron chi connectivity index (χ0n) is 12.2. The van der Waals surface area contributed by atoms with Gasteiger partial charge >= 0.3 is 0 Å². The number of likely N-dealkylation sites (N-methyl/N-ethyl adjacent to an activating group) is 1. The van der Waals surface area contributed by atoms with Crippen molar-refractivity contribution in [3.05, 3.63) is 0 Å². The molecule has 0 spiro atoms. The van der Waals surface area contributed by atoms with Crippen LogP contribution in [0.4, 0.5) is 0 Å². The molecular weight excluding hydrogens is 224 g/mol. The molecule has 0 amide bonds. The lowest BCUT2D eigenvalue weighted by molar-refractivity contribution is -0.0514. The minimum Gasteiger partial charge on any atom is -0.374 e. The van der Waals surface area contributed by atoms with Crippen molar-refractivity contribution in [2.24, 2.45) is 5.92 Å². The van der Waals surface area contributed by atoms with Gasteiger partial charge in [-0.05, 0) is 31.8 Å². The molecule has 1 saturated heterocycles. The molecule has 3 nitrogen and oxygen atoms in total. The molecule has 0 aromatic carbocycles. The third kappa shape index (κ3) is 3.94. The van der Waals surface area contributed by atoms with Gasteiger partial charge in [-0.2, -0.15) is 0 Å². The molecule has 18 heavy (non-hydrogen) atoms. The van der Waals surface area contributed by atoms with E-state index in [4.69, 9.17) is 4.74 Å². The number of morpholine rings is 1. The van der Waals surface area contributed by atoms with Crippen molar-refractivity contribution in [1.82, 2.24) is 10.2 Å². The topological polar surface area (TPSA) is 24.5 Å². The fourth-order valence-corrected chi connectivity index (χ4v) is 3.21. The highest BCUT2D eigenvalue weighted by molar-refractivity contribution is 4.86. The minimum atomic E-state index is 0.408. The van der Waals surface area contributed by atoms with Gasteiger partial charge in [0, 0.05) is 19.1 Å². The second-order valence-electron chi connectivity index (χ2n) is 5.91. The summed E-state index contributed by atoms with van der Waals surface area (Å²) in [4.78, 5) is 2.57. The smallest absolute Gasteiger partial charge is 0.0855 e. The predicted octanol–water partition coefficient (Wildman–Crippen LogP) is 2.27. The van der Waals surface area contributed by atoms with E-state index in [0.29, 0.717) is 12.1 Å². The van der Waals surface area contributed by atoms with Crippen LogP contribution in [0.15, 0.2) is 0 Å². The average Bonchev–Trinajstić information content (AvgIpc) is 2.33. The molecule has 3 heteroatoms. The molecule has 0 bridgehead atoms. The Morgan fingerprint density at radius 1 is 1.33 bits per heavy atom. The van der Waals surface area contributed by atoms with E-state index in [-0.39, 0.29) is 0 Å². The quantitative estimate of drug-likeness (QED) is 0.754. The van der Waals surface area contributed by atoms with Gasteiger partial charge in [-0.15, -0.1) is 0 Å². The lowest BCUT2D eigenvalue weighted by Crippen LogP contribution is -2.53. The van der Waals surface area contributed by atoms with Gasteiger partial charge in [0.2, 0.25) is 0 Å². The maximum atomic E-state index is 6.03. The third-order valence-corrected chi connectivity index (χ3v) is 4.44. The van der Waals surface area contributed by atoms with Crippen LogP contribution in [0.25, 0.3) is 0 Å². The van der Waals surface area contributed by atoms with E-state index in [1.54, 1.807) is 0 Å². The van der Waals surface area contributed by atoms with Gasteiger partial charge in [0.25, 0.3) is 0 Å². The molecule has 1 aliphatic heterocycles. The molecule has 2 unspecified atom stereocenters. The number of rotatable bonds is 7. The predicted molar refractivity (Wildman–Crippen MR) is 75.9 cm³/mol. The van der Waals surface area contributed by atoms with Gasteiger partial charge in [-0.25, -0.2) is 0 Å². The van der Waals surface area contributed by atoms with Crippen LogP contribution >= 0.6 is 0 Å². The molecule has 0 aromatic rings. The van der Waals surface area contributed by atoms with E-state index in [2.05, 4.69) is 24.1 Å². The van der Waals surface area contributed by atoms with Crippen molar-refractivity contribution in [2.45, 2.75) is 58.1 Å². The van der Waals surface area contributed by atoms with E-state index in [9.17, 15) is 0 Å². The Labute approximate surface area is 112 Å². The second-order valence-corrected chi connectivity index (χ2v) is 5.91. The maximum Gasteiger partial charge on any atom is 0.0855 e. The highest BCUT2D eigenvalue weighted by Gasteiger charge is 2.30. The van der Waals surface area contributed by atoms with Crippen molar-refractivity contribution >= 4 is 0 Å². The van der Waals surface area contributed by atoms with Gasteiger partial charge in [0.15, 0.2) is 0 Å². The number of nitrogens with one attached hydrogen (secondary N) is 1. The Morgan fingerprint density at radius 3 is 2.78 bits per heavy atom. The highest BCUT2D eigenvalue weighted by atomic mass is 16.5. The first kappa shape index (κ1) is 14.3. The summed E-state index contributed by atoms with van der Waals surface area (Å²) >= 11 is 0. The van der Waals surface area contributed by atoms with E-state index in [0.717, 1.165) is 32.2 Å². The minimum absolute atomic E-state index is 0.408. The standard InChI is InChI=1S/C15H30N2O/c1-3-8-17-9-10-18-15(12-17)14(16-4-2)11-13-6-5-7-13/h13-16H,3-12H2,1-2H3. The zero-order chi connectivity index (χ0) is 12.8. The molecule has 1 aliphatic carbocycles. The van der Waals surface area contributed by atoms with Crippen LogP contribution < -0.4 is 5.32 Å². The van der Waals surface area contributed by atoms with Crippen LogP contribution in [-0.2, 0) is 4.74 Å². The molecular formula is C15H30N2O. The first-order chi connectivity index (χ1) is 8.83. The molecule has 1 N–H and O–H groups in total. The Morgan fingerprint density at radius 2 is 2.17 bits per heavy atom. The van der Waals surface area contributed by atoms with Gasteiger partial charge in [-0.1, -0.05) is 33.1 Å². The second kappa shape index (κ2) is 7.46. The van der Waals surface area contributed by atoms with Crippen molar-refractivity contribution in [3.63, 3.8) is 0 Å². The van der Waals surface area contributed by atoms with E-state index >= 15 is 0 Å². The Kier molecular flexibility index (Phi) is 5.93. The molecule has 1 saturated carbocycles. The van der Waals surface area contributed by atoms with Crippen molar-refractivity contribution in [3.8, 4) is 0 Å². The van der Waals surface area contributed by atoms with E-state index in [1.807, 2.05) is 0 Å². The molecule has 0 radical (unpaired) electrons. The van der Waals surface area contributed by atoms with Crippen LogP contribution in [0.3, 0.4) is 0 Å². The highest BCUT2D eigenvalue weighted by Crippen LogP contribution is 2.31. The van der Waals surface area contributed by atoms with Gasteiger partial charge in [0.1, 0.15) is 0 Å². The average molecular weight is 254 g/mol. The third-order valence-electron chi connectivity index (χ3n) is 4.44. The number of ether oxygens (including phenoxy) is 1. The summed E-state index contributed by atoms with van der Waals surface area (Å²) < 4.78 is 6.03. The van der Waals surface area contributed by atoms with Gasteiger partial charge in [0.05, 0.1) is 12.7 Å². The van der Waals surface area contributed by atoms with Crippen molar-refractivity contribution in [1.29, 1.82) is 0 Å². The van der Waals surface area contributed by atoms with Gasteiger partial charge in [-0.3, -0.25) is 4.90 Å². The molecule has 2 aliphatic rings. The summed E-state index contributed by atoms with van der Waals surface area (Å²) in [7, 11) is 0. The van der Waals surface area contributed by atoms with E-state index in [1.165, 1.54) is 38.6 Å². The largest absolute Gasteiger partial charge is 0.374 e. The van der Waals surface area contributed by atoms with Crippen LogP contribution in [-0.4, -0.2) is 49.8 Å². The van der Waals surface area contributed by atoms with Crippen molar-refractivity contribution in [2.75, 3.05) is 32.8 Å². The first-order valence-corrected chi connectivity index (χ1v) is 7.90.